The predicted octanol–water partition coefficient (Wildman–Crippen LogP) is 1.29. The smallest absolute Gasteiger partial charge is 0.338 e. The fourth-order valence-corrected chi connectivity index (χ4v) is 12.3. The van der Waals surface area contributed by atoms with E-state index >= 15 is 0 Å². The van der Waals surface area contributed by atoms with Crippen molar-refractivity contribution >= 4 is 11.9 Å². The second kappa shape index (κ2) is 10.2. The molecule has 1 spiro atoms. The van der Waals surface area contributed by atoms with Crippen LogP contribution in [-0.4, -0.2) is 123 Å². The summed E-state index contributed by atoms with van der Waals surface area (Å²) in [6.07, 6.45) is -2.66. The molecule has 0 amide bonds. The highest BCUT2D eigenvalue weighted by Crippen LogP contribution is 2.80. The number of nitrogens with zero attached hydrogens (tertiary/aromatic N) is 1. The fourth-order valence-electron chi connectivity index (χ4n) is 12.3. The van der Waals surface area contributed by atoms with Crippen molar-refractivity contribution in [2.45, 2.75) is 73.9 Å². The number of ether oxygens (including phenoxy) is 6. The number of carbonyl (C=O) groups is 2. The first kappa shape index (κ1) is 30.5. The molecule has 6 aliphatic rings. The van der Waals surface area contributed by atoms with Crippen molar-refractivity contribution in [2.24, 2.45) is 34.5 Å². The van der Waals surface area contributed by atoms with Crippen LogP contribution < -0.4 is 0 Å². The summed E-state index contributed by atoms with van der Waals surface area (Å²) in [5.74, 6) is -2.96. The van der Waals surface area contributed by atoms with Crippen molar-refractivity contribution in [3.8, 4) is 0 Å². The summed E-state index contributed by atoms with van der Waals surface area (Å²) >= 11 is 0. The number of esters is 2. The molecule has 242 valence electrons. The topological polar surface area (TPSA) is 133 Å². The monoisotopic (exact) mass is 615 g/mol. The van der Waals surface area contributed by atoms with Crippen LogP contribution in [0.15, 0.2) is 30.3 Å². The normalized spacial score (nSPS) is 49.9. The average molecular weight is 616 g/mol. The van der Waals surface area contributed by atoms with Gasteiger partial charge in [0.05, 0.1) is 24.4 Å². The summed E-state index contributed by atoms with van der Waals surface area (Å²) in [4.78, 5) is 29.2. The zero-order valence-electron chi connectivity index (χ0n) is 26.3. The lowest BCUT2D eigenvalue weighted by atomic mass is 9.43. The van der Waals surface area contributed by atoms with E-state index in [4.69, 9.17) is 28.4 Å². The molecule has 1 aromatic carbocycles. The first-order valence-corrected chi connectivity index (χ1v) is 15.7. The molecule has 14 atom stereocenters. The molecule has 1 unspecified atom stereocenters. The van der Waals surface area contributed by atoms with Gasteiger partial charge in [0, 0.05) is 76.5 Å². The molecule has 5 saturated carbocycles. The van der Waals surface area contributed by atoms with Crippen LogP contribution in [0.2, 0.25) is 0 Å². The fraction of sp³-hybridized carbons (Fsp3) is 0.758. The number of carbonyl (C=O) groups excluding carboxylic acids is 2. The minimum absolute atomic E-state index is 0.103. The number of likely N-dealkylation sites (tertiary alicyclic amines) is 1. The zero-order valence-corrected chi connectivity index (χ0v) is 26.3. The number of benzene rings is 1. The van der Waals surface area contributed by atoms with E-state index < -0.39 is 64.8 Å². The molecule has 1 heterocycles. The van der Waals surface area contributed by atoms with Gasteiger partial charge < -0.3 is 43.5 Å². The molecular weight excluding hydrogens is 570 g/mol. The Bertz CT molecular complexity index is 1310. The van der Waals surface area contributed by atoms with Crippen molar-refractivity contribution in [3.63, 3.8) is 0 Å². The summed E-state index contributed by atoms with van der Waals surface area (Å²) in [5.41, 5.74) is -3.93. The van der Waals surface area contributed by atoms with Crippen molar-refractivity contribution < 1.29 is 48.2 Å². The van der Waals surface area contributed by atoms with Crippen LogP contribution in [0.25, 0.3) is 0 Å². The molecule has 44 heavy (non-hydrogen) atoms. The maximum absolute atomic E-state index is 13.7. The first-order chi connectivity index (χ1) is 21.0. The third kappa shape index (κ3) is 3.41. The number of rotatable bonds is 8. The first-order valence-electron chi connectivity index (χ1n) is 15.7. The molecule has 5 aliphatic carbocycles. The third-order valence-electron chi connectivity index (χ3n) is 12.8. The maximum Gasteiger partial charge on any atom is 0.338 e. The van der Waals surface area contributed by atoms with E-state index in [0.29, 0.717) is 12.2 Å². The maximum atomic E-state index is 13.7. The van der Waals surface area contributed by atoms with Gasteiger partial charge in [-0.25, -0.2) is 4.79 Å². The Morgan fingerprint density at radius 3 is 2.36 bits per heavy atom. The van der Waals surface area contributed by atoms with Gasteiger partial charge in [0.1, 0.15) is 23.9 Å². The number of hydrogen-bond acceptors (Lipinski definition) is 11. The Hall–Kier alpha value is -2.12. The molecule has 1 saturated heterocycles. The summed E-state index contributed by atoms with van der Waals surface area (Å²) in [7, 11) is 8.63. The van der Waals surface area contributed by atoms with Crippen LogP contribution in [-0.2, 0) is 33.2 Å². The zero-order chi connectivity index (χ0) is 31.4. The molecule has 0 aromatic heterocycles. The number of fused-ring (bicyclic) bond motifs is 2. The van der Waals surface area contributed by atoms with Crippen LogP contribution in [0, 0.1) is 34.5 Å². The highest BCUT2D eigenvalue weighted by molar-refractivity contribution is 5.89. The van der Waals surface area contributed by atoms with E-state index in [9.17, 15) is 19.8 Å². The lowest BCUT2D eigenvalue weighted by Crippen LogP contribution is -2.80. The van der Waals surface area contributed by atoms with Crippen LogP contribution in [0.5, 0.6) is 0 Å². The molecule has 7 rings (SSSR count). The van der Waals surface area contributed by atoms with Crippen LogP contribution >= 0.6 is 0 Å². The van der Waals surface area contributed by atoms with Gasteiger partial charge in [-0.2, -0.15) is 0 Å². The average Bonchev–Trinajstić information content (AvgIpc) is 3.39. The van der Waals surface area contributed by atoms with E-state index in [-0.39, 0.29) is 35.8 Å². The van der Waals surface area contributed by atoms with Crippen LogP contribution in [0.1, 0.15) is 36.5 Å². The molecule has 2 N–H and O–H groups in total. The van der Waals surface area contributed by atoms with Crippen molar-refractivity contribution in [2.75, 3.05) is 48.6 Å². The highest BCUT2D eigenvalue weighted by Gasteiger charge is 2.91. The molecule has 0 radical (unpaired) electrons. The van der Waals surface area contributed by atoms with Gasteiger partial charge in [-0.05, 0) is 44.4 Å². The second-order valence-corrected chi connectivity index (χ2v) is 14.2. The SMILES string of the molecule is COC[C@@]12CC[C@H](OC)[C@@]34[C@@H]5C[C@@]6(O)[C@H](OC(=O)c7ccccc7)[C@@H]5[C@@](OC(C)=O)(C([C@H](OC)[C@H]13)[C@H]4N(C)C2)[C@@H](O)[C@@H]6OC. The minimum atomic E-state index is -1.76. The Morgan fingerprint density at radius 2 is 1.75 bits per heavy atom. The van der Waals surface area contributed by atoms with Gasteiger partial charge in [0.25, 0.3) is 0 Å². The molecule has 6 fully saturated rings. The largest absolute Gasteiger partial charge is 0.455 e. The van der Waals surface area contributed by atoms with E-state index in [1.807, 2.05) is 6.07 Å². The number of piperidine rings is 1. The molecule has 11 heteroatoms. The second-order valence-electron chi connectivity index (χ2n) is 14.2. The molecule has 7 bridgehead atoms. The summed E-state index contributed by atoms with van der Waals surface area (Å²) in [6.45, 7) is 2.56. The lowest BCUT2D eigenvalue weighted by molar-refractivity contribution is -0.316. The Labute approximate surface area is 258 Å². The number of aliphatic hydroxyl groups excluding tert-OH is 1. The standard InChI is InChI=1S/C33H45NO10/c1-17(35)44-33-21-19(14-31(38,28(42-6)26(33)36)27(21)43-29(37)18-10-8-7-9-11-18)32-20(40-4)12-13-30(16-39-3)15-34(2)25(32)22(33)23(41-5)24(30)32/h7-11,19-28,36,38H,12-16H2,1-6H3/t19-,20+,21-,22?,23+,24-,25-,26+,27-,28+,30+,31-,32+,33-/m1/s1. The van der Waals surface area contributed by atoms with Gasteiger partial charge >= 0.3 is 11.9 Å². The Morgan fingerprint density at radius 1 is 1.02 bits per heavy atom. The Kier molecular flexibility index (Phi) is 7.07. The number of hydrogen-bond donors (Lipinski definition) is 2. The number of aliphatic hydroxyl groups is 2. The van der Waals surface area contributed by atoms with E-state index in [2.05, 4.69) is 11.9 Å². The van der Waals surface area contributed by atoms with E-state index in [1.165, 1.54) is 14.0 Å². The van der Waals surface area contributed by atoms with E-state index in [0.717, 1.165) is 19.4 Å². The van der Waals surface area contributed by atoms with Gasteiger partial charge in [-0.15, -0.1) is 0 Å². The minimum Gasteiger partial charge on any atom is -0.455 e. The summed E-state index contributed by atoms with van der Waals surface area (Å²) < 4.78 is 37.5. The van der Waals surface area contributed by atoms with Crippen molar-refractivity contribution in [3.05, 3.63) is 35.9 Å². The molecule has 11 nitrogen and oxygen atoms in total. The summed E-state index contributed by atoms with van der Waals surface area (Å²) in [6, 6.07) is 8.39. The van der Waals surface area contributed by atoms with Crippen molar-refractivity contribution in [1.82, 2.24) is 4.90 Å². The van der Waals surface area contributed by atoms with Gasteiger partial charge in [-0.3, -0.25) is 4.79 Å². The predicted molar refractivity (Wildman–Crippen MR) is 154 cm³/mol. The van der Waals surface area contributed by atoms with Crippen molar-refractivity contribution in [1.29, 1.82) is 0 Å². The van der Waals surface area contributed by atoms with Gasteiger partial charge in [0.15, 0.2) is 5.60 Å². The third-order valence-corrected chi connectivity index (χ3v) is 12.8. The summed E-state index contributed by atoms with van der Waals surface area (Å²) in [5, 5.41) is 25.1. The van der Waals surface area contributed by atoms with Gasteiger partial charge in [-0.1, -0.05) is 18.2 Å². The molecule has 1 aromatic rings. The lowest BCUT2D eigenvalue weighted by Gasteiger charge is -2.69. The molecular formula is C33H45NO10. The highest BCUT2D eigenvalue weighted by atomic mass is 16.6. The number of methoxy groups -OCH3 is 4. The quantitative estimate of drug-likeness (QED) is 0.410. The van der Waals surface area contributed by atoms with Gasteiger partial charge in [0.2, 0.25) is 0 Å². The molecule has 1 aliphatic heterocycles. The van der Waals surface area contributed by atoms with Crippen LogP contribution in [0.3, 0.4) is 0 Å². The van der Waals surface area contributed by atoms with Crippen LogP contribution in [0.4, 0.5) is 0 Å². The van der Waals surface area contributed by atoms with E-state index in [1.54, 1.807) is 45.6 Å². The Balaban J connectivity index is 1.51.